The lowest BCUT2D eigenvalue weighted by molar-refractivity contribution is 0.0804. The van der Waals surface area contributed by atoms with Gasteiger partial charge in [0.25, 0.3) is 0 Å². The molecule has 1 heterocycles. The van der Waals surface area contributed by atoms with Crippen LogP contribution in [-0.4, -0.2) is 13.2 Å². The molecule has 2 heteroatoms. The zero-order valence-corrected chi connectivity index (χ0v) is 9.09. The van der Waals surface area contributed by atoms with Crippen LogP contribution in [0.1, 0.15) is 24.3 Å². The van der Waals surface area contributed by atoms with Crippen LogP contribution in [0.3, 0.4) is 0 Å². The first-order valence-electron chi connectivity index (χ1n) is 4.69. The van der Waals surface area contributed by atoms with Gasteiger partial charge in [-0.15, -0.1) is 0 Å². The van der Waals surface area contributed by atoms with E-state index in [9.17, 15) is 0 Å². The Balaban J connectivity index is 2.10. The van der Waals surface area contributed by atoms with Crippen molar-refractivity contribution in [2.75, 3.05) is 13.2 Å². The van der Waals surface area contributed by atoms with Gasteiger partial charge >= 0.3 is 0 Å². The van der Waals surface area contributed by atoms with E-state index >= 15 is 0 Å². The number of benzene rings is 1. The van der Waals surface area contributed by atoms with E-state index in [0.717, 1.165) is 17.7 Å². The summed E-state index contributed by atoms with van der Waals surface area (Å²) in [5.41, 5.74) is 1.41. The molecule has 0 N–H and O–H groups in total. The third-order valence-electron chi connectivity index (χ3n) is 2.50. The standard InChI is InChI=1S/C11H13BrO/c12-11-5-3-9(4-6-11)10-2-1-7-13-8-10/h3-6,10H,1-2,7-8H2. The molecule has 0 spiro atoms. The maximum Gasteiger partial charge on any atom is 0.0534 e. The second-order valence-electron chi connectivity index (χ2n) is 3.47. The van der Waals surface area contributed by atoms with Crippen LogP contribution in [0.25, 0.3) is 0 Å². The lowest BCUT2D eigenvalue weighted by atomic mass is 9.94. The topological polar surface area (TPSA) is 9.23 Å². The maximum atomic E-state index is 5.46. The van der Waals surface area contributed by atoms with Crippen molar-refractivity contribution in [3.05, 3.63) is 34.3 Å². The van der Waals surface area contributed by atoms with Gasteiger partial charge in [0.2, 0.25) is 0 Å². The average Bonchev–Trinajstić information content (AvgIpc) is 2.20. The normalized spacial score (nSPS) is 23.0. The molecule has 1 saturated heterocycles. The zero-order valence-electron chi connectivity index (χ0n) is 7.50. The highest BCUT2D eigenvalue weighted by Crippen LogP contribution is 2.26. The Labute approximate surface area is 87.2 Å². The summed E-state index contributed by atoms with van der Waals surface area (Å²) in [6.07, 6.45) is 2.46. The van der Waals surface area contributed by atoms with E-state index in [0.29, 0.717) is 5.92 Å². The molecule has 1 aromatic rings. The van der Waals surface area contributed by atoms with E-state index in [4.69, 9.17) is 4.74 Å². The van der Waals surface area contributed by atoms with E-state index in [1.807, 2.05) is 0 Å². The molecule has 1 aliphatic rings. The molecule has 0 amide bonds. The minimum absolute atomic E-state index is 0.613. The first kappa shape index (κ1) is 9.22. The van der Waals surface area contributed by atoms with E-state index in [2.05, 4.69) is 40.2 Å². The summed E-state index contributed by atoms with van der Waals surface area (Å²) in [6, 6.07) is 8.57. The monoisotopic (exact) mass is 240 g/mol. The Morgan fingerprint density at radius 1 is 1.23 bits per heavy atom. The van der Waals surface area contributed by atoms with Gasteiger partial charge in [-0.3, -0.25) is 0 Å². The molecule has 70 valence electrons. The molecule has 1 aromatic carbocycles. The van der Waals surface area contributed by atoms with E-state index < -0.39 is 0 Å². The largest absolute Gasteiger partial charge is 0.381 e. The van der Waals surface area contributed by atoms with Crippen LogP contribution >= 0.6 is 15.9 Å². The Hall–Kier alpha value is -0.340. The molecule has 0 radical (unpaired) electrons. The molecule has 1 unspecified atom stereocenters. The molecule has 0 saturated carbocycles. The Kier molecular flexibility index (Phi) is 3.01. The van der Waals surface area contributed by atoms with Gasteiger partial charge in [-0.05, 0) is 30.5 Å². The molecule has 1 atom stereocenters. The van der Waals surface area contributed by atoms with Crippen molar-refractivity contribution >= 4 is 15.9 Å². The van der Waals surface area contributed by atoms with Crippen LogP contribution in [0.15, 0.2) is 28.7 Å². The van der Waals surface area contributed by atoms with Gasteiger partial charge in [0.05, 0.1) is 6.61 Å². The fourth-order valence-corrected chi connectivity index (χ4v) is 2.00. The lowest BCUT2D eigenvalue weighted by Crippen LogP contribution is -2.15. The van der Waals surface area contributed by atoms with Crippen molar-refractivity contribution in [1.82, 2.24) is 0 Å². The Morgan fingerprint density at radius 3 is 2.62 bits per heavy atom. The maximum absolute atomic E-state index is 5.46. The predicted molar refractivity (Wildman–Crippen MR) is 56.9 cm³/mol. The number of halogens is 1. The first-order chi connectivity index (χ1) is 6.36. The summed E-state index contributed by atoms with van der Waals surface area (Å²) in [7, 11) is 0. The third kappa shape index (κ3) is 2.32. The molecular formula is C11H13BrO. The van der Waals surface area contributed by atoms with Gasteiger partial charge in [-0.25, -0.2) is 0 Å². The Morgan fingerprint density at radius 2 is 2.00 bits per heavy atom. The molecule has 0 aliphatic carbocycles. The first-order valence-corrected chi connectivity index (χ1v) is 5.49. The minimum atomic E-state index is 0.613. The van der Waals surface area contributed by atoms with Crippen LogP contribution in [0, 0.1) is 0 Å². The molecule has 0 bridgehead atoms. The Bertz CT molecular complexity index is 262. The van der Waals surface area contributed by atoms with E-state index in [-0.39, 0.29) is 0 Å². The molecule has 13 heavy (non-hydrogen) atoms. The van der Waals surface area contributed by atoms with Crippen LogP contribution in [-0.2, 0) is 4.74 Å². The third-order valence-corrected chi connectivity index (χ3v) is 3.03. The molecule has 0 aromatic heterocycles. The molecule has 1 nitrogen and oxygen atoms in total. The molecular weight excluding hydrogens is 228 g/mol. The van der Waals surface area contributed by atoms with E-state index in [1.165, 1.54) is 18.4 Å². The van der Waals surface area contributed by atoms with Crippen molar-refractivity contribution in [2.24, 2.45) is 0 Å². The smallest absolute Gasteiger partial charge is 0.0534 e. The van der Waals surface area contributed by atoms with Crippen molar-refractivity contribution < 1.29 is 4.74 Å². The number of rotatable bonds is 1. The van der Waals surface area contributed by atoms with Gasteiger partial charge < -0.3 is 4.74 Å². The van der Waals surface area contributed by atoms with Crippen LogP contribution in [0.5, 0.6) is 0 Å². The van der Waals surface area contributed by atoms with Gasteiger partial charge in [-0.2, -0.15) is 0 Å². The zero-order chi connectivity index (χ0) is 9.10. The summed E-state index contributed by atoms with van der Waals surface area (Å²) >= 11 is 3.44. The predicted octanol–water partition coefficient (Wildman–Crippen LogP) is 3.34. The molecule has 2 rings (SSSR count). The SMILES string of the molecule is Brc1ccc(C2CCCOC2)cc1. The van der Waals surface area contributed by atoms with Crippen LogP contribution in [0.2, 0.25) is 0 Å². The lowest BCUT2D eigenvalue weighted by Gasteiger charge is -2.22. The fraction of sp³-hybridized carbons (Fsp3) is 0.455. The summed E-state index contributed by atoms with van der Waals surface area (Å²) in [5, 5.41) is 0. The van der Waals surface area contributed by atoms with Crippen LogP contribution in [0.4, 0.5) is 0 Å². The second-order valence-corrected chi connectivity index (χ2v) is 4.38. The number of ether oxygens (including phenoxy) is 1. The van der Waals surface area contributed by atoms with Gasteiger partial charge in [-0.1, -0.05) is 28.1 Å². The summed E-state index contributed by atoms with van der Waals surface area (Å²) in [4.78, 5) is 0. The highest BCUT2D eigenvalue weighted by Gasteiger charge is 2.15. The van der Waals surface area contributed by atoms with Crippen molar-refractivity contribution in [1.29, 1.82) is 0 Å². The molecule has 1 fully saturated rings. The number of hydrogen-bond acceptors (Lipinski definition) is 1. The minimum Gasteiger partial charge on any atom is -0.381 e. The van der Waals surface area contributed by atoms with Gasteiger partial charge in [0.1, 0.15) is 0 Å². The summed E-state index contributed by atoms with van der Waals surface area (Å²) < 4.78 is 6.60. The van der Waals surface area contributed by atoms with Gasteiger partial charge in [0, 0.05) is 17.0 Å². The summed E-state index contributed by atoms with van der Waals surface area (Å²) in [5.74, 6) is 0.613. The van der Waals surface area contributed by atoms with Crippen molar-refractivity contribution in [3.8, 4) is 0 Å². The molecule has 1 aliphatic heterocycles. The van der Waals surface area contributed by atoms with Crippen LogP contribution < -0.4 is 0 Å². The van der Waals surface area contributed by atoms with Gasteiger partial charge in [0.15, 0.2) is 0 Å². The highest BCUT2D eigenvalue weighted by molar-refractivity contribution is 9.10. The fourth-order valence-electron chi connectivity index (χ4n) is 1.74. The quantitative estimate of drug-likeness (QED) is 0.732. The summed E-state index contributed by atoms with van der Waals surface area (Å²) in [6.45, 7) is 1.83. The number of hydrogen-bond donors (Lipinski definition) is 0. The van der Waals surface area contributed by atoms with Crippen molar-refractivity contribution in [2.45, 2.75) is 18.8 Å². The second kappa shape index (κ2) is 4.25. The highest BCUT2D eigenvalue weighted by atomic mass is 79.9. The van der Waals surface area contributed by atoms with Crippen molar-refractivity contribution in [3.63, 3.8) is 0 Å². The average molecular weight is 241 g/mol. The van der Waals surface area contributed by atoms with E-state index in [1.54, 1.807) is 0 Å².